The first kappa shape index (κ1) is 8.82. The van der Waals surface area contributed by atoms with Crippen LogP contribution in [0.2, 0.25) is 0 Å². The molecule has 0 radical (unpaired) electrons. The van der Waals surface area contributed by atoms with E-state index in [0.717, 1.165) is 0 Å². The molecule has 5 heavy (non-hydrogen) atoms. The van der Waals surface area contributed by atoms with E-state index in [2.05, 4.69) is 0 Å². The highest BCUT2D eigenvalue weighted by molar-refractivity contribution is 6.22. The molecule has 0 bridgehead atoms. The SMILES string of the molecule is F.O=[Si](O)O. The fraction of sp³-hybridized carbons (Fsp3) is 0. The van der Waals surface area contributed by atoms with Crippen molar-refractivity contribution in [1.82, 2.24) is 0 Å². The average Bonchev–Trinajstić information content (AvgIpc) is 0.811. The van der Waals surface area contributed by atoms with Gasteiger partial charge in [-0.05, 0) is 0 Å². The van der Waals surface area contributed by atoms with Crippen LogP contribution >= 0.6 is 0 Å². The number of rotatable bonds is 0. The Morgan fingerprint density at radius 3 is 1.40 bits per heavy atom. The van der Waals surface area contributed by atoms with Crippen molar-refractivity contribution in [3.63, 3.8) is 0 Å². The van der Waals surface area contributed by atoms with Crippen LogP contribution in [0.1, 0.15) is 0 Å². The second kappa shape index (κ2) is 3.55. The standard InChI is InChI=1S/FH.H2O3Si/c;1-4(2)3/h1H;1-2H. The van der Waals surface area contributed by atoms with E-state index in [1.807, 2.05) is 0 Å². The largest absolute Gasteiger partial charge is 0.761 e. The summed E-state index contributed by atoms with van der Waals surface area (Å²) in [7, 11) is -3.13. The van der Waals surface area contributed by atoms with Crippen molar-refractivity contribution < 1.29 is 18.8 Å². The highest BCUT2D eigenvalue weighted by Crippen LogP contribution is 1.27. The van der Waals surface area contributed by atoms with Crippen LogP contribution in [0.15, 0.2) is 0 Å². The van der Waals surface area contributed by atoms with Gasteiger partial charge < -0.3 is 9.59 Å². The van der Waals surface area contributed by atoms with E-state index >= 15 is 0 Å². The van der Waals surface area contributed by atoms with Crippen LogP contribution in [0.3, 0.4) is 0 Å². The quantitative estimate of drug-likeness (QED) is 0.364. The van der Waals surface area contributed by atoms with Gasteiger partial charge in [-0.25, -0.2) is 0 Å². The zero-order valence-corrected chi connectivity index (χ0v) is 3.21. The number of hydrogen-bond donors (Lipinski definition) is 2. The first-order valence-electron chi connectivity index (χ1n) is 0.651. The molecule has 3 nitrogen and oxygen atoms in total. The van der Waals surface area contributed by atoms with E-state index in [1.165, 1.54) is 0 Å². The van der Waals surface area contributed by atoms with Crippen LogP contribution < -0.4 is 0 Å². The number of hydrogen-bond acceptors (Lipinski definition) is 1. The van der Waals surface area contributed by atoms with Gasteiger partial charge in [0.1, 0.15) is 0 Å². The van der Waals surface area contributed by atoms with Gasteiger partial charge in [-0.2, -0.15) is 0 Å². The Morgan fingerprint density at radius 2 is 1.40 bits per heavy atom. The summed E-state index contributed by atoms with van der Waals surface area (Å²) in [5.41, 5.74) is 0. The molecule has 0 rings (SSSR count). The highest BCUT2D eigenvalue weighted by Gasteiger charge is 1.85. The summed E-state index contributed by atoms with van der Waals surface area (Å²) in [5, 5.41) is 0. The lowest BCUT2D eigenvalue weighted by molar-refractivity contribution is 0.330. The van der Waals surface area contributed by atoms with Gasteiger partial charge in [0.2, 0.25) is 0 Å². The summed E-state index contributed by atoms with van der Waals surface area (Å²) in [4.78, 5) is 14.3. The second-order valence-electron chi connectivity index (χ2n) is 0.283. The first-order chi connectivity index (χ1) is 1.73. The van der Waals surface area contributed by atoms with Gasteiger partial charge in [-0.3, -0.25) is 9.17 Å². The van der Waals surface area contributed by atoms with E-state index in [0.29, 0.717) is 0 Å². The van der Waals surface area contributed by atoms with E-state index < -0.39 is 9.17 Å². The Bertz CT molecular complexity index is 29.9. The average molecular weight is 98.1 g/mol. The van der Waals surface area contributed by atoms with Crippen LogP contribution in [0.25, 0.3) is 0 Å². The molecule has 0 aliphatic carbocycles. The molecule has 0 unspecified atom stereocenters. The Labute approximate surface area is 29.1 Å². The molecular weight excluding hydrogens is 95.1 g/mol. The first-order valence-corrected chi connectivity index (χ1v) is 1.95. The smallest absolute Gasteiger partial charge is 0.511 e. The van der Waals surface area contributed by atoms with Crippen LogP contribution in [-0.4, -0.2) is 18.8 Å². The fourth-order valence-corrected chi connectivity index (χ4v) is 0. The maximum atomic E-state index is 8.74. The van der Waals surface area contributed by atoms with Crippen molar-refractivity contribution in [2.24, 2.45) is 0 Å². The summed E-state index contributed by atoms with van der Waals surface area (Å²) in [6.07, 6.45) is 0. The van der Waals surface area contributed by atoms with Crippen molar-refractivity contribution in [1.29, 1.82) is 0 Å². The topological polar surface area (TPSA) is 57.5 Å². The molecule has 0 aliphatic rings. The minimum atomic E-state index is -3.13. The Kier molecular flexibility index (Phi) is 6.26. The van der Waals surface area contributed by atoms with Crippen molar-refractivity contribution in [2.45, 2.75) is 0 Å². The van der Waals surface area contributed by atoms with Gasteiger partial charge in [-0.1, -0.05) is 0 Å². The van der Waals surface area contributed by atoms with Crippen LogP contribution in [0.5, 0.6) is 0 Å². The maximum absolute atomic E-state index is 8.74. The molecule has 0 saturated heterocycles. The van der Waals surface area contributed by atoms with Gasteiger partial charge in [0.15, 0.2) is 0 Å². The third-order valence-electron chi connectivity index (χ3n) is 0. The lowest BCUT2D eigenvalue weighted by atomic mass is 15.8. The third-order valence-corrected chi connectivity index (χ3v) is 0. The zero-order valence-electron chi connectivity index (χ0n) is 2.21. The molecule has 0 aromatic heterocycles. The van der Waals surface area contributed by atoms with Gasteiger partial charge in [0.05, 0.1) is 0 Å². The Balaban J connectivity index is 0. The number of halogens is 1. The van der Waals surface area contributed by atoms with E-state index in [-0.39, 0.29) is 4.70 Å². The molecule has 0 heterocycles. The zero-order chi connectivity index (χ0) is 3.58. The Hall–Kier alpha value is -0.453. The van der Waals surface area contributed by atoms with Crippen LogP contribution in [-0.2, 0) is 4.46 Å². The molecule has 5 heteroatoms. The van der Waals surface area contributed by atoms with Gasteiger partial charge in [-0.15, -0.1) is 0 Å². The lowest BCUT2D eigenvalue weighted by Gasteiger charge is -1.55. The van der Waals surface area contributed by atoms with Crippen molar-refractivity contribution in [2.75, 3.05) is 0 Å². The molecule has 0 aromatic rings. The van der Waals surface area contributed by atoms with Gasteiger partial charge in [0, 0.05) is 0 Å². The summed E-state index contributed by atoms with van der Waals surface area (Å²) < 4.78 is 8.74. The monoisotopic (exact) mass is 98.0 g/mol. The molecule has 0 amide bonds. The van der Waals surface area contributed by atoms with Gasteiger partial charge in [0.25, 0.3) is 0 Å². The highest BCUT2D eigenvalue weighted by atomic mass is 28.3. The molecular formula is H3FO3Si. The molecule has 0 aromatic carbocycles. The Morgan fingerprint density at radius 1 is 1.40 bits per heavy atom. The third kappa shape index (κ3) is 41.3. The lowest BCUT2D eigenvalue weighted by Crippen LogP contribution is -1.90. The van der Waals surface area contributed by atoms with Crippen molar-refractivity contribution >= 4 is 9.17 Å². The minimum absolute atomic E-state index is 0. The normalized spacial score (nSPS) is 4.80. The predicted molar refractivity (Wildman–Crippen MR) is 13.4 cm³/mol. The molecule has 0 saturated carbocycles. The minimum Gasteiger partial charge on any atom is -0.511 e. The van der Waals surface area contributed by atoms with Gasteiger partial charge >= 0.3 is 9.17 Å². The maximum Gasteiger partial charge on any atom is 0.761 e. The molecule has 0 aliphatic heterocycles. The summed E-state index contributed by atoms with van der Waals surface area (Å²) in [5.74, 6) is 0. The molecule has 0 spiro atoms. The molecule has 2 N–H and O–H groups in total. The fourth-order valence-electron chi connectivity index (χ4n) is 0. The second-order valence-corrected chi connectivity index (χ2v) is 0.848. The van der Waals surface area contributed by atoms with Crippen LogP contribution in [0, 0.1) is 0 Å². The van der Waals surface area contributed by atoms with E-state index in [4.69, 9.17) is 14.1 Å². The van der Waals surface area contributed by atoms with E-state index in [1.54, 1.807) is 0 Å². The predicted octanol–water partition coefficient (Wildman–Crippen LogP) is -1.46. The molecule has 32 valence electrons. The molecule has 0 fully saturated rings. The summed E-state index contributed by atoms with van der Waals surface area (Å²) in [6, 6.07) is 0. The summed E-state index contributed by atoms with van der Waals surface area (Å²) >= 11 is 0. The summed E-state index contributed by atoms with van der Waals surface area (Å²) in [6.45, 7) is 0. The van der Waals surface area contributed by atoms with E-state index in [9.17, 15) is 0 Å². The van der Waals surface area contributed by atoms with Crippen molar-refractivity contribution in [3.8, 4) is 0 Å². The van der Waals surface area contributed by atoms with Crippen molar-refractivity contribution in [3.05, 3.63) is 0 Å². The molecule has 0 atom stereocenters. The van der Waals surface area contributed by atoms with Crippen LogP contribution in [0.4, 0.5) is 4.70 Å².